The van der Waals surface area contributed by atoms with Gasteiger partial charge in [0.15, 0.2) is 11.9 Å². The SMILES string of the molecule is Cc1nnc(N(C)C)c2nn(-c3cccc(O[C@@H](c4ccccc4)[C@@H]4CNCCO4)c3)c(C)c12. The second kappa shape index (κ2) is 9.40. The minimum atomic E-state index is -0.224. The molecule has 1 aliphatic heterocycles. The molecule has 8 nitrogen and oxygen atoms in total. The van der Waals surface area contributed by atoms with Crippen LogP contribution in [-0.4, -0.2) is 59.9 Å². The lowest BCUT2D eigenvalue weighted by molar-refractivity contribution is -0.0432. The Morgan fingerprint density at radius 2 is 1.91 bits per heavy atom. The summed E-state index contributed by atoms with van der Waals surface area (Å²) in [4.78, 5) is 1.94. The highest BCUT2D eigenvalue weighted by Crippen LogP contribution is 2.31. The van der Waals surface area contributed by atoms with Gasteiger partial charge in [-0.25, -0.2) is 4.68 Å². The summed E-state index contributed by atoms with van der Waals surface area (Å²) < 4.78 is 14.6. The molecule has 0 saturated carbocycles. The summed E-state index contributed by atoms with van der Waals surface area (Å²) in [7, 11) is 3.90. The molecule has 2 aromatic carbocycles. The van der Waals surface area contributed by atoms with Gasteiger partial charge in [-0.1, -0.05) is 36.4 Å². The van der Waals surface area contributed by atoms with Crippen molar-refractivity contribution in [3.05, 3.63) is 71.5 Å². The largest absolute Gasteiger partial charge is 0.483 e. The molecule has 4 aromatic rings. The molecule has 5 rings (SSSR count). The molecule has 0 spiro atoms. The number of aryl methyl sites for hydroxylation is 2. The lowest BCUT2D eigenvalue weighted by Gasteiger charge is -2.31. The average molecular weight is 459 g/mol. The summed E-state index contributed by atoms with van der Waals surface area (Å²) in [6.07, 6.45) is -0.297. The van der Waals surface area contributed by atoms with Crippen molar-refractivity contribution in [2.45, 2.75) is 26.1 Å². The number of hydrogen-bond donors (Lipinski definition) is 1. The fourth-order valence-corrected chi connectivity index (χ4v) is 4.48. The quantitative estimate of drug-likeness (QED) is 0.473. The molecule has 1 N–H and O–H groups in total. The van der Waals surface area contributed by atoms with Gasteiger partial charge >= 0.3 is 0 Å². The van der Waals surface area contributed by atoms with Gasteiger partial charge < -0.3 is 19.7 Å². The van der Waals surface area contributed by atoms with E-state index in [1.165, 1.54) is 0 Å². The van der Waals surface area contributed by atoms with E-state index in [2.05, 4.69) is 34.6 Å². The van der Waals surface area contributed by atoms with Crippen molar-refractivity contribution < 1.29 is 9.47 Å². The van der Waals surface area contributed by atoms with Crippen LogP contribution in [0.15, 0.2) is 54.6 Å². The predicted octanol–water partition coefficient (Wildman–Crippen LogP) is 3.61. The topological polar surface area (TPSA) is 77.3 Å². The maximum absolute atomic E-state index is 6.56. The average Bonchev–Trinajstić information content (AvgIpc) is 3.21. The third-order valence-electron chi connectivity index (χ3n) is 6.16. The fourth-order valence-electron chi connectivity index (χ4n) is 4.48. The molecule has 1 saturated heterocycles. The zero-order chi connectivity index (χ0) is 23.7. The Morgan fingerprint density at radius 1 is 1.09 bits per heavy atom. The van der Waals surface area contributed by atoms with E-state index in [0.717, 1.165) is 58.2 Å². The molecule has 8 heteroatoms. The first kappa shape index (κ1) is 22.3. The highest BCUT2D eigenvalue weighted by molar-refractivity contribution is 5.92. The van der Waals surface area contributed by atoms with Crippen molar-refractivity contribution >= 4 is 16.7 Å². The minimum absolute atomic E-state index is 0.0729. The fraction of sp³-hybridized carbons (Fsp3) is 0.346. The van der Waals surface area contributed by atoms with Gasteiger partial charge in [0.1, 0.15) is 17.4 Å². The van der Waals surface area contributed by atoms with Gasteiger partial charge in [-0.3, -0.25) is 0 Å². The Morgan fingerprint density at radius 3 is 2.65 bits per heavy atom. The zero-order valence-electron chi connectivity index (χ0n) is 20.0. The normalized spacial score (nSPS) is 17.0. The monoisotopic (exact) mass is 458 g/mol. The highest BCUT2D eigenvalue weighted by atomic mass is 16.5. The molecule has 0 aliphatic carbocycles. The molecule has 1 fully saturated rings. The first-order valence-corrected chi connectivity index (χ1v) is 11.6. The first-order valence-electron chi connectivity index (χ1n) is 11.6. The summed E-state index contributed by atoms with van der Waals surface area (Å²) in [5.41, 5.74) is 4.73. The van der Waals surface area contributed by atoms with Crippen molar-refractivity contribution in [1.82, 2.24) is 25.3 Å². The third kappa shape index (κ3) is 4.22. The van der Waals surface area contributed by atoms with Crippen LogP contribution in [0.4, 0.5) is 5.82 Å². The van der Waals surface area contributed by atoms with E-state index >= 15 is 0 Å². The number of nitrogens with one attached hydrogen (secondary N) is 1. The molecule has 2 atom stereocenters. The van der Waals surface area contributed by atoms with E-state index in [4.69, 9.17) is 14.6 Å². The Hall–Kier alpha value is -3.49. The number of aromatic nitrogens is 4. The van der Waals surface area contributed by atoms with E-state index in [1.807, 2.05) is 73.1 Å². The molecule has 2 aromatic heterocycles. The van der Waals surface area contributed by atoms with Crippen LogP contribution in [-0.2, 0) is 4.74 Å². The molecular weight excluding hydrogens is 428 g/mol. The van der Waals surface area contributed by atoms with E-state index in [9.17, 15) is 0 Å². The highest BCUT2D eigenvalue weighted by Gasteiger charge is 2.28. The Labute approximate surface area is 199 Å². The lowest BCUT2D eigenvalue weighted by atomic mass is 10.0. The van der Waals surface area contributed by atoms with Crippen LogP contribution in [0, 0.1) is 13.8 Å². The van der Waals surface area contributed by atoms with Crippen LogP contribution in [0.1, 0.15) is 23.1 Å². The van der Waals surface area contributed by atoms with E-state index in [-0.39, 0.29) is 12.2 Å². The first-order chi connectivity index (χ1) is 16.5. The maximum Gasteiger partial charge on any atom is 0.179 e. The van der Waals surface area contributed by atoms with Gasteiger partial charge in [0, 0.05) is 33.3 Å². The summed E-state index contributed by atoms with van der Waals surface area (Å²) >= 11 is 0. The van der Waals surface area contributed by atoms with Gasteiger partial charge in [0.2, 0.25) is 0 Å². The van der Waals surface area contributed by atoms with Crippen molar-refractivity contribution in [1.29, 1.82) is 0 Å². The van der Waals surface area contributed by atoms with E-state index in [0.29, 0.717) is 6.61 Å². The minimum Gasteiger partial charge on any atom is -0.483 e. The van der Waals surface area contributed by atoms with Crippen LogP contribution in [0.2, 0.25) is 0 Å². The predicted molar refractivity (Wildman–Crippen MR) is 133 cm³/mol. The van der Waals surface area contributed by atoms with Crippen molar-refractivity contribution in [3.8, 4) is 11.4 Å². The summed E-state index contributed by atoms with van der Waals surface area (Å²) in [6.45, 7) is 6.31. The van der Waals surface area contributed by atoms with Gasteiger partial charge in [0.05, 0.1) is 29.1 Å². The van der Waals surface area contributed by atoms with Crippen LogP contribution >= 0.6 is 0 Å². The number of rotatable bonds is 6. The summed E-state index contributed by atoms with van der Waals surface area (Å²) in [5, 5.41) is 18.1. The Bertz CT molecular complexity index is 1280. The summed E-state index contributed by atoms with van der Waals surface area (Å²) in [5.74, 6) is 1.52. The number of anilines is 1. The van der Waals surface area contributed by atoms with Crippen molar-refractivity contribution in [3.63, 3.8) is 0 Å². The molecule has 0 radical (unpaired) electrons. The standard InChI is InChI=1S/C26H30N6O2/c1-17-23-18(2)32(30-24(23)26(29-28-17)31(3)4)20-11-8-12-21(15-20)34-25(19-9-6-5-7-10-19)22-16-27-13-14-33-22/h5-12,15,22,25,27H,13-14,16H2,1-4H3/t22-,25-/m0/s1. The van der Waals surface area contributed by atoms with Crippen LogP contribution in [0.3, 0.4) is 0 Å². The summed E-state index contributed by atoms with van der Waals surface area (Å²) in [6, 6.07) is 18.3. The number of morpholine rings is 1. The van der Waals surface area contributed by atoms with Crippen LogP contribution in [0.5, 0.6) is 5.75 Å². The van der Waals surface area contributed by atoms with Gasteiger partial charge in [0.25, 0.3) is 0 Å². The lowest BCUT2D eigenvalue weighted by Crippen LogP contribution is -2.43. The molecule has 0 unspecified atom stereocenters. The van der Waals surface area contributed by atoms with Crippen molar-refractivity contribution in [2.24, 2.45) is 0 Å². The molecule has 176 valence electrons. The van der Waals surface area contributed by atoms with Crippen LogP contribution < -0.4 is 15.0 Å². The smallest absolute Gasteiger partial charge is 0.179 e. The molecule has 0 amide bonds. The Kier molecular flexibility index (Phi) is 6.17. The number of hydrogen-bond acceptors (Lipinski definition) is 7. The molecule has 3 heterocycles. The zero-order valence-corrected chi connectivity index (χ0v) is 20.0. The molecule has 0 bridgehead atoms. The Balaban J connectivity index is 1.52. The van der Waals surface area contributed by atoms with Crippen LogP contribution in [0.25, 0.3) is 16.6 Å². The number of nitrogens with zero attached hydrogens (tertiary/aromatic N) is 5. The maximum atomic E-state index is 6.56. The number of benzene rings is 2. The van der Waals surface area contributed by atoms with Gasteiger partial charge in [-0.2, -0.15) is 10.2 Å². The number of ether oxygens (including phenoxy) is 2. The molecule has 34 heavy (non-hydrogen) atoms. The van der Waals surface area contributed by atoms with E-state index in [1.54, 1.807) is 0 Å². The van der Waals surface area contributed by atoms with Gasteiger partial charge in [-0.15, -0.1) is 5.10 Å². The van der Waals surface area contributed by atoms with E-state index < -0.39 is 0 Å². The number of fused-ring (bicyclic) bond motifs is 1. The molecule has 1 aliphatic rings. The second-order valence-corrected chi connectivity index (χ2v) is 8.78. The van der Waals surface area contributed by atoms with Crippen molar-refractivity contribution in [2.75, 3.05) is 38.7 Å². The molecular formula is C26H30N6O2. The third-order valence-corrected chi connectivity index (χ3v) is 6.16. The second-order valence-electron chi connectivity index (χ2n) is 8.78. The van der Waals surface area contributed by atoms with Gasteiger partial charge in [-0.05, 0) is 31.5 Å².